The van der Waals surface area contributed by atoms with Crippen molar-refractivity contribution < 1.29 is 9.59 Å². The van der Waals surface area contributed by atoms with Gasteiger partial charge in [-0.2, -0.15) is 5.26 Å². The zero-order valence-corrected chi connectivity index (χ0v) is 13.2. The highest BCUT2D eigenvalue weighted by Gasteiger charge is 2.32. The molecule has 0 spiro atoms. The van der Waals surface area contributed by atoms with E-state index in [2.05, 4.69) is 11.4 Å². The smallest absolute Gasteiger partial charge is 0.251 e. The molecular weight excluding hydrogens is 310 g/mol. The fourth-order valence-corrected chi connectivity index (χ4v) is 3.29. The van der Waals surface area contributed by atoms with Gasteiger partial charge in [0.1, 0.15) is 17.0 Å². The molecule has 3 rings (SSSR count). The largest absolute Gasteiger partial charge is 0.340 e. The number of nitrogens with one attached hydrogen (secondary N) is 1. The Morgan fingerprint density at radius 2 is 2.17 bits per heavy atom. The van der Waals surface area contributed by atoms with Crippen LogP contribution in [0.2, 0.25) is 0 Å². The zero-order chi connectivity index (χ0) is 16.2. The summed E-state index contributed by atoms with van der Waals surface area (Å²) < 4.78 is 0. The zero-order valence-electron chi connectivity index (χ0n) is 12.4. The number of hydrogen-bond acceptors (Lipinski definition) is 4. The van der Waals surface area contributed by atoms with Crippen molar-refractivity contribution in [2.75, 3.05) is 6.54 Å². The number of benzene rings is 1. The van der Waals surface area contributed by atoms with Crippen molar-refractivity contribution in [3.05, 3.63) is 57.8 Å². The highest BCUT2D eigenvalue weighted by atomic mass is 32.1. The SMILES string of the molecule is N#Cc1cc(CN2CC[C@H](NC(=O)c3ccccc3)C2=O)cs1. The summed E-state index contributed by atoms with van der Waals surface area (Å²) in [5.41, 5.74) is 1.50. The number of thiophene rings is 1. The molecule has 0 unspecified atom stereocenters. The van der Waals surface area contributed by atoms with Gasteiger partial charge in [-0.1, -0.05) is 18.2 Å². The highest BCUT2D eigenvalue weighted by Crippen LogP contribution is 2.19. The molecule has 2 amide bonds. The molecule has 1 N–H and O–H groups in total. The first-order chi connectivity index (χ1) is 11.2. The maximum atomic E-state index is 12.4. The molecule has 5 nitrogen and oxygen atoms in total. The fourth-order valence-electron chi connectivity index (χ4n) is 2.60. The lowest BCUT2D eigenvalue weighted by molar-refractivity contribution is -0.129. The van der Waals surface area contributed by atoms with Crippen LogP contribution in [0.15, 0.2) is 41.8 Å². The predicted octanol–water partition coefficient (Wildman–Crippen LogP) is 2.15. The number of carbonyl (C=O) groups is 2. The van der Waals surface area contributed by atoms with Gasteiger partial charge in [0.05, 0.1) is 0 Å². The molecule has 0 radical (unpaired) electrons. The van der Waals surface area contributed by atoms with Gasteiger partial charge in [0.2, 0.25) is 5.91 Å². The van der Waals surface area contributed by atoms with Crippen molar-refractivity contribution >= 4 is 23.2 Å². The Morgan fingerprint density at radius 1 is 1.39 bits per heavy atom. The Balaban J connectivity index is 1.60. The van der Waals surface area contributed by atoms with Crippen LogP contribution in [0.5, 0.6) is 0 Å². The Kier molecular flexibility index (Phi) is 4.40. The molecule has 0 saturated carbocycles. The van der Waals surface area contributed by atoms with E-state index in [0.717, 1.165) is 5.56 Å². The topological polar surface area (TPSA) is 73.2 Å². The lowest BCUT2D eigenvalue weighted by atomic mass is 10.2. The van der Waals surface area contributed by atoms with Crippen LogP contribution in [-0.2, 0) is 11.3 Å². The predicted molar refractivity (Wildman–Crippen MR) is 86.8 cm³/mol. The van der Waals surface area contributed by atoms with E-state index in [0.29, 0.717) is 30.0 Å². The molecule has 1 saturated heterocycles. The third kappa shape index (κ3) is 3.41. The Hall–Kier alpha value is -2.65. The summed E-state index contributed by atoms with van der Waals surface area (Å²) in [4.78, 5) is 26.9. The van der Waals surface area contributed by atoms with Crippen LogP contribution >= 0.6 is 11.3 Å². The molecule has 1 aliphatic heterocycles. The molecule has 1 aromatic carbocycles. The van der Waals surface area contributed by atoms with E-state index >= 15 is 0 Å². The van der Waals surface area contributed by atoms with Gasteiger partial charge in [-0.05, 0) is 35.6 Å². The van der Waals surface area contributed by atoms with Gasteiger partial charge in [-0.25, -0.2) is 0 Å². The standard InChI is InChI=1S/C17H15N3O2S/c18-9-14-8-12(11-23-14)10-20-7-6-15(17(20)22)19-16(21)13-4-2-1-3-5-13/h1-5,8,11,15H,6-7,10H2,(H,19,21)/t15-/m0/s1. The number of nitrogens with zero attached hydrogens (tertiary/aromatic N) is 2. The molecule has 2 aromatic rings. The van der Waals surface area contributed by atoms with Crippen molar-refractivity contribution in [3.8, 4) is 6.07 Å². The number of hydrogen-bond donors (Lipinski definition) is 1. The molecule has 1 fully saturated rings. The average Bonchev–Trinajstić information content (AvgIpc) is 3.17. The number of nitriles is 1. The molecule has 0 aliphatic carbocycles. The number of carbonyl (C=O) groups excluding carboxylic acids is 2. The summed E-state index contributed by atoms with van der Waals surface area (Å²) in [6.07, 6.45) is 0.604. The van der Waals surface area contributed by atoms with Crippen LogP contribution in [0.1, 0.15) is 27.2 Å². The van der Waals surface area contributed by atoms with Gasteiger partial charge >= 0.3 is 0 Å². The van der Waals surface area contributed by atoms with Gasteiger partial charge in [0.15, 0.2) is 0 Å². The third-order valence-electron chi connectivity index (χ3n) is 3.78. The second kappa shape index (κ2) is 6.63. The minimum atomic E-state index is -0.475. The molecule has 0 bridgehead atoms. The van der Waals surface area contributed by atoms with Crippen LogP contribution in [0.4, 0.5) is 0 Å². The second-order valence-corrected chi connectivity index (χ2v) is 6.28. The quantitative estimate of drug-likeness (QED) is 0.936. The van der Waals surface area contributed by atoms with Crippen molar-refractivity contribution in [1.82, 2.24) is 10.2 Å². The highest BCUT2D eigenvalue weighted by molar-refractivity contribution is 7.10. The monoisotopic (exact) mass is 325 g/mol. The summed E-state index contributed by atoms with van der Waals surface area (Å²) in [6, 6.07) is 12.3. The van der Waals surface area contributed by atoms with Gasteiger partial charge < -0.3 is 10.2 Å². The number of likely N-dealkylation sites (tertiary alicyclic amines) is 1. The summed E-state index contributed by atoms with van der Waals surface area (Å²) in [6.45, 7) is 1.09. The third-order valence-corrected chi connectivity index (χ3v) is 4.66. The lowest BCUT2D eigenvalue weighted by Gasteiger charge is -2.16. The van der Waals surface area contributed by atoms with Gasteiger partial charge in [-0.3, -0.25) is 9.59 Å². The molecule has 1 aliphatic rings. The molecule has 23 heavy (non-hydrogen) atoms. The van der Waals surface area contributed by atoms with Gasteiger partial charge in [0.25, 0.3) is 5.91 Å². The normalized spacial score (nSPS) is 17.1. The molecule has 1 atom stereocenters. The van der Waals surface area contributed by atoms with E-state index in [9.17, 15) is 9.59 Å². The van der Waals surface area contributed by atoms with Gasteiger partial charge in [0, 0.05) is 18.7 Å². The molecule has 6 heteroatoms. The Labute approximate surface area is 138 Å². The van der Waals surface area contributed by atoms with Crippen LogP contribution in [0.3, 0.4) is 0 Å². The Morgan fingerprint density at radius 3 is 2.87 bits per heavy atom. The summed E-state index contributed by atoms with van der Waals surface area (Å²) in [5.74, 6) is -0.299. The van der Waals surface area contributed by atoms with Crippen molar-refractivity contribution in [2.24, 2.45) is 0 Å². The molecule has 116 valence electrons. The van der Waals surface area contributed by atoms with Crippen molar-refractivity contribution in [2.45, 2.75) is 19.0 Å². The number of rotatable bonds is 4. The van der Waals surface area contributed by atoms with Gasteiger partial charge in [-0.15, -0.1) is 11.3 Å². The first-order valence-corrected chi connectivity index (χ1v) is 8.17. The average molecular weight is 325 g/mol. The first-order valence-electron chi connectivity index (χ1n) is 7.29. The van der Waals surface area contributed by atoms with E-state index in [-0.39, 0.29) is 11.8 Å². The number of amides is 2. The van der Waals surface area contributed by atoms with E-state index in [1.54, 1.807) is 35.2 Å². The summed E-state index contributed by atoms with van der Waals surface area (Å²) in [7, 11) is 0. The Bertz CT molecular complexity index is 764. The van der Waals surface area contributed by atoms with E-state index in [1.807, 2.05) is 11.4 Å². The van der Waals surface area contributed by atoms with Crippen molar-refractivity contribution in [3.63, 3.8) is 0 Å². The summed E-state index contributed by atoms with van der Waals surface area (Å²) in [5, 5.41) is 13.5. The van der Waals surface area contributed by atoms with E-state index in [1.165, 1.54) is 11.3 Å². The van der Waals surface area contributed by atoms with Crippen LogP contribution in [-0.4, -0.2) is 29.3 Å². The van der Waals surface area contributed by atoms with E-state index < -0.39 is 6.04 Å². The minimum Gasteiger partial charge on any atom is -0.340 e. The minimum absolute atomic E-state index is 0.0704. The maximum absolute atomic E-state index is 12.4. The fraction of sp³-hybridized carbons (Fsp3) is 0.235. The second-order valence-electron chi connectivity index (χ2n) is 5.37. The van der Waals surface area contributed by atoms with Crippen LogP contribution in [0.25, 0.3) is 0 Å². The molecule has 1 aromatic heterocycles. The maximum Gasteiger partial charge on any atom is 0.251 e. The molecular formula is C17H15N3O2S. The lowest BCUT2D eigenvalue weighted by Crippen LogP contribution is -2.41. The summed E-state index contributed by atoms with van der Waals surface area (Å²) >= 11 is 1.37. The first kappa shape index (κ1) is 15.3. The molecule has 2 heterocycles. The van der Waals surface area contributed by atoms with E-state index in [4.69, 9.17) is 5.26 Å². The van der Waals surface area contributed by atoms with Crippen LogP contribution in [0, 0.1) is 11.3 Å². The van der Waals surface area contributed by atoms with Crippen molar-refractivity contribution in [1.29, 1.82) is 5.26 Å². The van der Waals surface area contributed by atoms with Crippen LogP contribution < -0.4 is 5.32 Å².